The van der Waals surface area contributed by atoms with E-state index in [-0.39, 0.29) is 17.6 Å². The molecule has 4 rings (SSSR count). The van der Waals surface area contributed by atoms with Gasteiger partial charge in [-0.05, 0) is 24.5 Å². The maximum atomic E-state index is 12.8. The maximum Gasteiger partial charge on any atom is 0.274 e. The number of Topliss-reactive ketones (excluding diaryl/α,β-unsaturated/α-hetero) is 1. The number of imidazole rings is 1. The van der Waals surface area contributed by atoms with Crippen LogP contribution in [-0.4, -0.2) is 44.0 Å². The molecule has 0 spiro atoms. The average molecular weight is 348 g/mol. The van der Waals surface area contributed by atoms with Gasteiger partial charge < -0.3 is 4.90 Å². The largest absolute Gasteiger partial charge is 0.337 e. The molecule has 1 amide bonds. The fourth-order valence-corrected chi connectivity index (χ4v) is 3.46. The minimum Gasteiger partial charge on any atom is -0.337 e. The highest BCUT2D eigenvalue weighted by molar-refractivity contribution is 5.93. The van der Waals surface area contributed by atoms with E-state index in [4.69, 9.17) is 0 Å². The summed E-state index contributed by atoms with van der Waals surface area (Å²) >= 11 is 0. The van der Waals surface area contributed by atoms with Crippen molar-refractivity contribution in [2.24, 2.45) is 5.92 Å². The summed E-state index contributed by atoms with van der Waals surface area (Å²) in [5, 5.41) is 0. The molecule has 0 saturated carbocycles. The van der Waals surface area contributed by atoms with Crippen molar-refractivity contribution in [1.82, 2.24) is 19.3 Å². The summed E-state index contributed by atoms with van der Waals surface area (Å²) in [5.74, 6) is 0.464. The van der Waals surface area contributed by atoms with E-state index in [1.165, 1.54) is 0 Å². The quantitative estimate of drug-likeness (QED) is 0.726. The first-order valence-electron chi connectivity index (χ1n) is 8.86. The van der Waals surface area contributed by atoms with Crippen LogP contribution >= 0.6 is 0 Å². The van der Waals surface area contributed by atoms with Crippen LogP contribution in [0.15, 0.2) is 55.0 Å². The Morgan fingerprint density at radius 3 is 2.81 bits per heavy atom. The molecule has 1 aliphatic heterocycles. The van der Waals surface area contributed by atoms with Crippen LogP contribution in [0.3, 0.4) is 0 Å². The number of benzene rings is 1. The van der Waals surface area contributed by atoms with Gasteiger partial charge in [-0.25, -0.2) is 9.97 Å². The van der Waals surface area contributed by atoms with Crippen LogP contribution in [0.5, 0.6) is 0 Å². The fraction of sp³-hybridized carbons (Fsp3) is 0.300. The molecular weight excluding hydrogens is 328 g/mol. The summed E-state index contributed by atoms with van der Waals surface area (Å²) in [6.45, 7) is 1.13. The molecule has 1 aromatic carbocycles. The predicted molar refractivity (Wildman–Crippen MR) is 96.8 cm³/mol. The van der Waals surface area contributed by atoms with Crippen molar-refractivity contribution < 1.29 is 9.59 Å². The number of fused-ring (bicyclic) bond motifs is 1. The third-order valence-electron chi connectivity index (χ3n) is 4.84. The highest BCUT2D eigenvalue weighted by Gasteiger charge is 2.29. The SMILES string of the molecule is O=C(Cc1ccccc1)C1CCCN(C(=O)c2cn3cccnc3n2)C1. The molecule has 1 saturated heterocycles. The smallest absolute Gasteiger partial charge is 0.274 e. The molecule has 2 aromatic heterocycles. The minimum absolute atomic E-state index is 0.108. The summed E-state index contributed by atoms with van der Waals surface area (Å²) in [7, 11) is 0. The van der Waals surface area contributed by atoms with Crippen molar-refractivity contribution in [2.45, 2.75) is 19.3 Å². The van der Waals surface area contributed by atoms with Gasteiger partial charge in [-0.1, -0.05) is 30.3 Å². The number of amides is 1. The predicted octanol–water partition coefficient (Wildman–Crippen LogP) is 2.39. The zero-order chi connectivity index (χ0) is 17.9. The minimum atomic E-state index is -0.132. The Morgan fingerprint density at radius 2 is 2.00 bits per heavy atom. The van der Waals surface area contributed by atoms with E-state index in [1.54, 1.807) is 27.8 Å². The standard InChI is InChI=1S/C20H20N4O2/c25-18(12-15-6-2-1-3-7-15)16-8-4-10-23(13-16)19(26)17-14-24-11-5-9-21-20(24)22-17/h1-3,5-7,9,11,14,16H,4,8,10,12-13H2. The van der Waals surface area contributed by atoms with Crippen LogP contribution < -0.4 is 0 Å². The summed E-state index contributed by atoms with van der Waals surface area (Å²) in [4.78, 5) is 35.6. The molecule has 0 aliphatic carbocycles. The Balaban J connectivity index is 1.45. The monoisotopic (exact) mass is 348 g/mol. The van der Waals surface area contributed by atoms with Gasteiger partial charge in [0.25, 0.3) is 5.91 Å². The third-order valence-corrected chi connectivity index (χ3v) is 4.84. The Bertz CT molecular complexity index is 902. The zero-order valence-electron chi connectivity index (χ0n) is 14.4. The number of hydrogen-bond acceptors (Lipinski definition) is 4. The van der Waals surface area contributed by atoms with Crippen LogP contribution in [0.2, 0.25) is 0 Å². The van der Waals surface area contributed by atoms with Crippen LogP contribution in [0.1, 0.15) is 28.9 Å². The molecule has 6 heteroatoms. The maximum absolute atomic E-state index is 12.8. The van der Waals surface area contributed by atoms with Crippen LogP contribution in [-0.2, 0) is 11.2 Å². The molecule has 1 atom stereocenters. The molecule has 0 bridgehead atoms. The molecule has 1 aliphatic rings. The number of carbonyl (C=O) groups excluding carboxylic acids is 2. The molecule has 26 heavy (non-hydrogen) atoms. The molecule has 0 N–H and O–H groups in total. The van der Waals surface area contributed by atoms with Gasteiger partial charge in [0, 0.05) is 44.0 Å². The Morgan fingerprint density at radius 1 is 1.15 bits per heavy atom. The van der Waals surface area contributed by atoms with E-state index in [0.717, 1.165) is 18.4 Å². The van der Waals surface area contributed by atoms with Gasteiger partial charge in [0.2, 0.25) is 5.78 Å². The summed E-state index contributed by atoms with van der Waals surface area (Å²) in [5.41, 5.74) is 1.40. The van der Waals surface area contributed by atoms with E-state index < -0.39 is 0 Å². The van der Waals surface area contributed by atoms with Crippen LogP contribution in [0, 0.1) is 5.92 Å². The lowest BCUT2D eigenvalue weighted by molar-refractivity contribution is -0.123. The van der Waals surface area contributed by atoms with E-state index in [9.17, 15) is 9.59 Å². The summed E-state index contributed by atoms with van der Waals surface area (Å²) in [6.07, 6.45) is 7.25. The van der Waals surface area contributed by atoms with E-state index in [0.29, 0.717) is 31.0 Å². The lowest BCUT2D eigenvalue weighted by Gasteiger charge is -2.31. The number of piperidine rings is 1. The first kappa shape index (κ1) is 16.4. The van der Waals surface area contributed by atoms with Gasteiger partial charge in [0.1, 0.15) is 11.5 Å². The van der Waals surface area contributed by atoms with Crippen molar-refractivity contribution in [3.63, 3.8) is 0 Å². The molecule has 3 heterocycles. The van der Waals surface area contributed by atoms with Crippen LogP contribution in [0.4, 0.5) is 0 Å². The van der Waals surface area contributed by atoms with Crippen molar-refractivity contribution in [3.8, 4) is 0 Å². The van der Waals surface area contributed by atoms with Gasteiger partial charge >= 0.3 is 0 Å². The molecule has 1 unspecified atom stereocenters. The Labute approximate surface area is 151 Å². The normalized spacial score (nSPS) is 17.4. The second kappa shape index (κ2) is 7.07. The van der Waals surface area contributed by atoms with E-state index >= 15 is 0 Å². The van der Waals surface area contributed by atoms with Crippen molar-refractivity contribution in [3.05, 3.63) is 66.2 Å². The Kier molecular flexibility index (Phi) is 4.48. The van der Waals surface area contributed by atoms with E-state index in [2.05, 4.69) is 9.97 Å². The molecule has 3 aromatic rings. The van der Waals surface area contributed by atoms with Gasteiger partial charge in [-0.3, -0.25) is 14.0 Å². The summed E-state index contributed by atoms with van der Waals surface area (Å²) in [6, 6.07) is 11.6. The fourth-order valence-electron chi connectivity index (χ4n) is 3.46. The average Bonchev–Trinajstić information content (AvgIpc) is 3.12. The number of ketones is 1. The van der Waals surface area contributed by atoms with Crippen molar-refractivity contribution in [1.29, 1.82) is 0 Å². The lowest BCUT2D eigenvalue weighted by Crippen LogP contribution is -2.42. The van der Waals surface area contributed by atoms with Gasteiger partial charge in [-0.2, -0.15) is 0 Å². The topological polar surface area (TPSA) is 67.6 Å². The highest BCUT2D eigenvalue weighted by Crippen LogP contribution is 2.21. The third kappa shape index (κ3) is 3.35. The number of likely N-dealkylation sites (tertiary alicyclic amines) is 1. The number of aromatic nitrogens is 3. The van der Waals surface area contributed by atoms with Crippen molar-refractivity contribution >= 4 is 17.5 Å². The number of nitrogens with zero attached hydrogens (tertiary/aromatic N) is 4. The van der Waals surface area contributed by atoms with Gasteiger partial charge in [0.15, 0.2) is 0 Å². The van der Waals surface area contributed by atoms with Gasteiger partial charge in [-0.15, -0.1) is 0 Å². The van der Waals surface area contributed by atoms with E-state index in [1.807, 2.05) is 36.5 Å². The summed E-state index contributed by atoms with van der Waals surface area (Å²) < 4.78 is 1.73. The van der Waals surface area contributed by atoms with Crippen molar-refractivity contribution in [2.75, 3.05) is 13.1 Å². The molecule has 6 nitrogen and oxygen atoms in total. The first-order chi connectivity index (χ1) is 12.7. The highest BCUT2D eigenvalue weighted by atomic mass is 16.2. The zero-order valence-corrected chi connectivity index (χ0v) is 14.4. The molecule has 0 radical (unpaired) electrons. The second-order valence-electron chi connectivity index (χ2n) is 6.67. The van der Waals surface area contributed by atoms with Gasteiger partial charge in [0.05, 0.1) is 0 Å². The number of hydrogen-bond donors (Lipinski definition) is 0. The number of carbonyl (C=O) groups is 2. The molecular formula is C20H20N4O2. The second-order valence-corrected chi connectivity index (χ2v) is 6.67. The first-order valence-corrected chi connectivity index (χ1v) is 8.86. The Hall–Kier alpha value is -3.02. The molecule has 132 valence electrons. The molecule has 1 fully saturated rings. The lowest BCUT2D eigenvalue weighted by atomic mass is 9.90. The number of rotatable bonds is 4. The van der Waals surface area contributed by atoms with Crippen LogP contribution in [0.25, 0.3) is 5.78 Å².